The summed E-state index contributed by atoms with van der Waals surface area (Å²) in [5.41, 5.74) is 1.75. The number of carbonyl (C=O) groups is 2. The Bertz CT molecular complexity index is 1010. The summed E-state index contributed by atoms with van der Waals surface area (Å²) in [6.07, 6.45) is 0.409. The maximum atomic E-state index is 13.1. The van der Waals surface area contributed by atoms with Gasteiger partial charge in [-0.1, -0.05) is 48.0 Å². The van der Waals surface area contributed by atoms with Crippen LogP contribution >= 0.6 is 0 Å². The molecule has 7 nitrogen and oxygen atoms in total. The monoisotopic (exact) mass is 399 g/mol. The van der Waals surface area contributed by atoms with E-state index < -0.39 is 34.0 Å². The van der Waals surface area contributed by atoms with Crippen molar-refractivity contribution in [1.29, 1.82) is 0 Å². The topological polar surface area (TPSA) is 86.8 Å². The number of aryl methyl sites for hydroxylation is 1. The molecule has 2 aliphatic heterocycles. The third kappa shape index (κ3) is 3.18. The number of sulfonamides is 1. The molecule has 4 rings (SSSR count). The first-order valence-electron chi connectivity index (χ1n) is 9.12. The molecule has 0 aromatic heterocycles. The highest BCUT2D eigenvalue weighted by Gasteiger charge is 2.51. The molecular formula is C20H21N3O4S. The molecule has 2 heterocycles. The second-order valence-corrected chi connectivity index (χ2v) is 9.02. The van der Waals surface area contributed by atoms with Crippen molar-refractivity contribution in [3.05, 3.63) is 65.7 Å². The van der Waals surface area contributed by atoms with Crippen LogP contribution in [0, 0.1) is 6.92 Å². The number of nitrogens with zero attached hydrogens (tertiary/aromatic N) is 2. The molecule has 3 amide bonds. The van der Waals surface area contributed by atoms with Gasteiger partial charge in [0, 0.05) is 6.54 Å². The Labute approximate surface area is 164 Å². The predicted molar refractivity (Wildman–Crippen MR) is 103 cm³/mol. The van der Waals surface area contributed by atoms with Crippen LogP contribution in [0.15, 0.2) is 59.5 Å². The van der Waals surface area contributed by atoms with Crippen molar-refractivity contribution in [3.8, 4) is 0 Å². The summed E-state index contributed by atoms with van der Waals surface area (Å²) < 4.78 is 27.5. The summed E-state index contributed by atoms with van der Waals surface area (Å²) in [5.74, 6) is -0.481. The molecule has 2 fully saturated rings. The third-order valence-corrected chi connectivity index (χ3v) is 7.13. The average molecular weight is 399 g/mol. The SMILES string of the molecule is Cc1ccc(S(=O)(=O)N2CCC3NC(=O)N(Cc4ccccc4)C(=O)C32)cc1. The second kappa shape index (κ2) is 7.03. The van der Waals surface area contributed by atoms with E-state index in [9.17, 15) is 18.0 Å². The zero-order valence-electron chi connectivity index (χ0n) is 15.4. The Hall–Kier alpha value is -2.71. The quantitative estimate of drug-likeness (QED) is 0.850. The summed E-state index contributed by atoms with van der Waals surface area (Å²) >= 11 is 0. The van der Waals surface area contributed by atoms with Gasteiger partial charge in [0.15, 0.2) is 0 Å². The van der Waals surface area contributed by atoms with E-state index in [-0.39, 0.29) is 18.0 Å². The van der Waals surface area contributed by atoms with Crippen LogP contribution in [0.5, 0.6) is 0 Å². The molecule has 0 saturated carbocycles. The lowest BCUT2D eigenvalue weighted by molar-refractivity contribution is -0.134. The lowest BCUT2D eigenvalue weighted by Gasteiger charge is -2.36. The van der Waals surface area contributed by atoms with Crippen LogP contribution in [0.25, 0.3) is 0 Å². The minimum atomic E-state index is -3.84. The van der Waals surface area contributed by atoms with E-state index in [1.807, 2.05) is 37.3 Å². The van der Waals surface area contributed by atoms with E-state index in [1.54, 1.807) is 24.3 Å². The zero-order valence-corrected chi connectivity index (χ0v) is 16.2. The van der Waals surface area contributed by atoms with Gasteiger partial charge in [-0.3, -0.25) is 9.69 Å². The molecule has 146 valence electrons. The number of rotatable bonds is 4. The predicted octanol–water partition coefficient (Wildman–Crippen LogP) is 1.88. The lowest BCUT2D eigenvalue weighted by Crippen LogP contribution is -2.64. The van der Waals surface area contributed by atoms with Gasteiger partial charge in [-0.05, 0) is 31.0 Å². The van der Waals surface area contributed by atoms with E-state index in [0.29, 0.717) is 6.42 Å². The van der Waals surface area contributed by atoms with Gasteiger partial charge in [-0.2, -0.15) is 4.31 Å². The summed E-state index contributed by atoms with van der Waals surface area (Å²) in [6.45, 7) is 2.17. The number of imide groups is 1. The van der Waals surface area contributed by atoms with E-state index >= 15 is 0 Å². The first-order valence-corrected chi connectivity index (χ1v) is 10.6. The van der Waals surface area contributed by atoms with E-state index in [2.05, 4.69) is 5.32 Å². The smallest absolute Gasteiger partial charge is 0.324 e. The molecule has 0 bridgehead atoms. The normalized spacial score (nSPS) is 22.8. The molecule has 1 N–H and O–H groups in total. The molecule has 8 heteroatoms. The first kappa shape index (κ1) is 18.6. The summed E-state index contributed by atoms with van der Waals surface area (Å²) in [7, 11) is -3.84. The minimum Gasteiger partial charge on any atom is -0.333 e. The van der Waals surface area contributed by atoms with Gasteiger partial charge in [0.2, 0.25) is 10.0 Å². The fourth-order valence-electron chi connectivity index (χ4n) is 3.74. The minimum absolute atomic E-state index is 0.104. The number of urea groups is 1. The van der Waals surface area contributed by atoms with Crippen molar-refractivity contribution >= 4 is 22.0 Å². The molecule has 0 aliphatic carbocycles. The number of hydrogen-bond donors (Lipinski definition) is 1. The molecular weight excluding hydrogens is 378 g/mol. The molecule has 0 radical (unpaired) electrons. The summed E-state index contributed by atoms with van der Waals surface area (Å²) in [4.78, 5) is 26.8. The Morgan fingerprint density at radius 2 is 1.71 bits per heavy atom. The number of hydrogen-bond acceptors (Lipinski definition) is 4. The largest absolute Gasteiger partial charge is 0.333 e. The molecule has 2 saturated heterocycles. The van der Waals surface area contributed by atoms with Crippen LogP contribution in [0.1, 0.15) is 17.5 Å². The molecule has 2 atom stereocenters. The fraction of sp³-hybridized carbons (Fsp3) is 0.300. The van der Waals surface area contributed by atoms with Gasteiger partial charge < -0.3 is 5.32 Å². The van der Waals surface area contributed by atoms with Crippen molar-refractivity contribution in [2.75, 3.05) is 6.54 Å². The molecule has 28 heavy (non-hydrogen) atoms. The summed E-state index contributed by atoms with van der Waals surface area (Å²) in [6, 6.07) is 13.8. The Morgan fingerprint density at radius 3 is 2.39 bits per heavy atom. The van der Waals surface area contributed by atoms with Gasteiger partial charge in [0.25, 0.3) is 5.91 Å². The highest BCUT2D eigenvalue weighted by molar-refractivity contribution is 7.89. The van der Waals surface area contributed by atoms with Gasteiger partial charge in [0.1, 0.15) is 6.04 Å². The average Bonchev–Trinajstić information content (AvgIpc) is 3.11. The fourth-order valence-corrected chi connectivity index (χ4v) is 5.37. The van der Waals surface area contributed by atoms with Crippen molar-refractivity contribution in [2.45, 2.75) is 36.9 Å². The second-order valence-electron chi connectivity index (χ2n) is 7.13. The lowest BCUT2D eigenvalue weighted by atomic mass is 10.1. The number of nitrogens with one attached hydrogen (secondary N) is 1. The molecule has 2 aromatic carbocycles. The van der Waals surface area contributed by atoms with Crippen molar-refractivity contribution in [3.63, 3.8) is 0 Å². The molecule has 0 spiro atoms. The van der Waals surface area contributed by atoms with Gasteiger partial charge >= 0.3 is 6.03 Å². The number of fused-ring (bicyclic) bond motifs is 1. The maximum Gasteiger partial charge on any atom is 0.324 e. The number of amides is 3. The maximum absolute atomic E-state index is 13.1. The van der Waals surface area contributed by atoms with Crippen LogP contribution < -0.4 is 5.32 Å². The van der Waals surface area contributed by atoms with Gasteiger partial charge in [-0.15, -0.1) is 0 Å². The van der Waals surface area contributed by atoms with Crippen LogP contribution in [0.3, 0.4) is 0 Å². The molecule has 2 unspecified atom stereocenters. The zero-order chi connectivity index (χ0) is 19.9. The third-order valence-electron chi connectivity index (χ3n) is 5.24. The Kier molecular flexibility index (Phi) is 4.68. The van der Waals surface area contributed by atoms with Crippen molar-refractivity contribution in [2.24, 2.45) is 0 Å². The Balaban J connectivity index is 1.63. The van der Waals surface area contributed by atoms with Crippen LogP contribution in [-0.4, -0.2) is 48.2 Å². The first-order chi connectivity index (χ1) is 13.4. The van der Waals surface area contributed by atoms with Gasteiger partial charge in [0.05, 0.1) is 17.5 Å². The van der Waals surface area contributed by atoms with Crippen LogP contribution in [0.2, 0.25) is 0 Å². The Morgan fingerprint density at radius 1 is 1.04 bits per heavy atom. The molecule has 2 aromatic rings. The number of carbonyl (C=O) groups excluding carboxylic acids is 2. The van der Waals surface area contributed by atoms with Crippen LogP contribution in [0.4, 0.5) is 4.79 Å². The van der Waals surface area contributed by atoms with E-state index in [0.717, 1.165) is 16.0 Å². The number of benzene rings is 2. The van der Waals surface area contributed by atoms with Crippen molar-refractivity contribution in [1.82, 2.24) is 14.5 Å². The van der Waals surface area contributed by atoms with Gasteiger partial charge in [-0.25, -0.2) is 13.2 Å². The van der Waals surface area contributed by atoms with Crippen LogP contribution in [-0.2, 0) is 21.4 Å². The highest BCUT2D eigenvalue weighted by atomic mass is 32.2. The highest BCUT2D eigenvalue weighted by Crippen LogP contribution is 2.30. The standard InChI is InChI=1S/C20H21N3O4S/c1-14-7-9-16(10-8-14)28(26,27)23-12-11-17-18(23)19(24)22(20(25)21-17)13-15-5-3-2-4-6-15/h2-10,17-18H,11-13H2,1H3,(H,21,25). The summed E-state index contributed by atoms with van der Waals surface area (Å²) in [5, 5.41) is 2.80. The molecule has 2 aliphatic rings. The van der Waals surface area contributed by atoms with E-state index in [1.165, 1.54) is 4.31 Å². The van der Waals surface area contributed by atoms with E-state index in [4.69, 9.17) is 0 Å². The van der Waals surface area contributed by atoms with Crippen molar-refractivity contribution < 1.29 is 18.0 Å².